The van der Waals surface area contributed by atoms with E-state index < -0.39 is 10.9 Å². The minimum atomic E-state index is -1.25. The molecule has 7 nitrogen and oxygen atoms in total. The number of aromatic nitrogens is 1. The van der Waals surface area contributed by atoms with Gasteiger partial charge in [0.15, 0.2) is 0 Å². The van der Waals surface area contributed by atoms with Crippen LogP contribution in [0.25, 0.3) is 0 Å². The van der Waals surface area contributed by atoms with Gasteiger partial charge in [-0.3, -0.25) is 10.1 Å². The highest BCUT2D eigenvalue weighted by atomic mass is 32.1. The highest BCUT2D eigenvalue weighted by molar-refractivity contribution is 7.07. The first-order chi connectivity index (χ1) is 9.97. The van der Waals surface area contributed by atoms with Crippen molar-refractivity contribution in [2.24, 2.45) is 0 Å². The predicted octanol–water partition coefficient (Wildman–Crippen LogP) is 2.79. The summed E-state index contributed by atoms with van der Waals surface area (Å²) in [6.45, 7) is 1.88. The number of rotatable bonds is 6. The summed E-state index contributed by atoms with van der Waals surface area (Å²) >= 11 is 1.58. The van der Waals surface area contributed by atoms with Gasteiger partial charge in [0, 0.05) is 18.3 Å². The van der Waals surface area contributed by atoms with Crippen LogP contribution in [0, 0.1) is 10.1 Å². The molecule has 0 fully saturated rings. The SMILES string of the molecule is CC(Cc1ccsc1)Nc1ncc(C(=O)O)cc1[N+](=O)[O-]. The molecule has 110 valence electrons. The van der Waals surface area contributed by atoms with E-state index in [0.29, 0.717) is 6.42 Å². The summed E-state index contributed by atoms with van der Waals surface area (Å²) in [5.41, 5.74) is 0.578. The smallest absolute Gasteiger partial charge is 0.337 e. The minimum absolute atomic E-state index is 0.0681. The van der Waals surface area contributed by atoms with E-state index in [0.717, 1.165) is 17.8 Å². The Balaban J connectivity index is 2.18. The summed E-state index contributed by atoms with van der Waals surface area (Å²) in [7, 11) is 0. The van der Waals surface area contributed by atoms with Crippen molar-refractivity contribution in [3.05, 3.63) is 50.3 Å². The molecule has 1 atom stereocenters. The second-order valence-corrected chi connectivity index (χ2v) is 5.32. The van der Waals surface area contributed by atoms with Gasteiger partial charge in [-0.2, -0.15) is 11.3 Å². The Hall–Kier alpha value is -2.48. The molecule has 0 aliphatic carbocycles. The Labute approximate surface area is 124 Å². The molecule has 0 saturated heterocycles. The average Bonchev–Trinajstić information content (AvgIpc) is 2.91. The molecule has 8 heteroatoms. The zero-order chi connectivity index (χ0) is 15.4. The fourth-order valence-corrected chi connectivity index (χ4v) is 2.55. The molecule has 0 amide bonds. The summed E-state index contributed by atoms with van der Waals surface area (Å²) in [4.78, 5) is 25.1. The Bertz CT molecular complexity index is 657. The second-order valence-electron chi connectivity index (χ2n) is 4.54. The lowest BCUT2D eigenvalue weighted by molar-refractivity contribution is -0.384. The van der Waals surface area contributed by atoms with Crippen molar-refractivity contribution in [1.29, 1.82) is 0 Å². The Kier molecular flexibility index (Phi) is 4.49. The molecule has 21 heavy (non-hydrogen) atoms. The van der Waals surface area contributed by atoms with Gasteiger partial charge in [-0.1, -0.05) is 0 Å². The molecule has 2 N–H and O–H groups in total. The standard InChI is InChI=1S/C13H13N3O4S/c1-8(4-9-2-3-21-7-9)15-12-11(16(19)20)5-10(6-14-12)13(17)18/h2-3,5-8H,4H2,1H3,(H,14,15)(H,17,18). The zero-order valence-corrected chi connectivity index (χ0v) is 12.0. The van der Waals surface area contributed by atoms with Crippen LogP contribution < -0.4 is 5.32 Å². The number of carboxylic acids is 1. The molecule has 0 aliphatic rings. The van der Waals surface area contributed by atoms with Crippen molar-refractivity contribution in [3.8, 4) is 0 Å². The van der Waals surface area contributed by atoms with Crippen LogP contribution in [-0.4, -0.2) is 27.0 Å². The number of hydrogen-bond donors (Lipinski definition) is 2. The van der Waals surface area contributed by atoms with Gasteiger partial charge in [0.1, 0.15) is 0 Å². The molecule has 0 aromatic carbocycles. The van der Waals surface area contributed by atoms with Gasteiger partial charge < -0.3 is 10.4 Å². The van der Waals surface area contributed by atoms with E-state index in [4.69, 9.17) is 5.11 Å². The number of carboxylic acid groups (broad SMARTS) is 1. The molecule has 0 bridgehead atoms. The van der Waals surface area contributed by atoms with E-state index in [-0.39, 0.29) is 23.1 Å². The minimum Gasteiger partial charge on any atom is -0.478 e. The molecular formula is C13H13N3O4S. The Morgan fingerprint density at radius 2 is 2.38 bits per heavy atom. The van der Waals surface area contributed by atoms with Crippen LogP contribution in [0.2, 0.25) is 0 Å². The number of nitrogens with one attached hydrogen (secondary N) is 1. The van der Waals surface area contributed by atoms with E-state index in [1.807, 2.05) is 23.8 Å². The van der Waals surface area contributed by atoms with Gasteiger partial charge in [-0.05, 0) is 35.7 Å². The molecule has 2 heterocycles. The first-order valence-electron chi connectivity index (χ1n) is 6.12. The van der Waals surface area contributed by atoms with Crippen molar-refractivity contribution in [2.75, 3.05) is 5.32 Å². The van der Waals surface area contributed by atoms with Gasteiger partial charge in [0.2, 0.25) is 5.82 Å². The van der Waals surface area contributed by atoms with Crippen LogP contribution in [0.3, 0.4) is 0 Å². The van der Waals surface area contributed by atoms with E-state index in [1.54, 1.807) is 11.3 Å². The number of anilines is 1. The van der Waals surface area contributed by atoms with Crippen LogP contribution in [0.15, 0.2) is 29.1 Å². The van der Waals surface area contributed by atoms with Crippen molar-refractivity contribution in [2.45, 2.75) is 19.4 Å². The maximum absolute atomic E-state index is 11.0. The van der Waals surface area contributed by atoms with Crippen LogP contribution in [-0.2, 0) is 6.42 Å². The number of nitro groups is 1. The van der Waals surface area contributed by atoms with Crippen molar-refractivity contribution in [3.63, 3.8) is 0 Å². The van der Waals surface area contributed by atoms with E-state index >= 15 is 0 Å². The number of pyridine rings is 1. The quantitative estimate of drug-likeness (QED) is 0.628. The molecule has 0 aliphatic heterocycles. The maximum Gasteiger partial charge on any atom is 0.337 e. The van der Waals surface area contributed by atoms with Gasteiger partial charge in [-0.15, -0.1) is 0 Å². The van der Waals surface area contributed by atoms with E-state index in [9.17, 15) is 14.9 Å². The number of aromatic carboxylic acids is 1. The molecule has 2 aromatic rings. The number of thiophene rings is 1. The summed E-state index contributed by atoms with van der Waals surface area (Å²) in [6.07, 6.45) is 1.80. The Morgan fingerprint density at radius 1 is 1.62 bits per heavy atom. The number of carbonyl (C=O) groups is 1. The maximum atomic E-state index is 11.0. The molecule has 0 saturated carbocycles. The fraction of sp³-hybridized carbons (Fsp3) is 0.231. The first kappa shape index (κ1) is 14.9. The van der Waals surface area contributed by atoms with Crippen molar-refractivity contribution >= 4 is 28.8 Å². The third-order valence-electron chi connectivity index (χ3n) is 2.82. The molecule has 2 aromatic heterocycles. The van der Waals surface area contributed by atoms with Gasteiger partial charge in [0.25, 0.3) is 0 Å². The lowest BCUT2D eigenvalue weighted by Gasteiger charge is -2.13. The van der Waals surface area contributed by atoms with Gasteiger partial charge >= 0.3 is 11.7 Å². The highest BCUT2D eigenvalue weighted by Gasteiger charge is 2.20. The van der Waals surface area contributed by atoms with Crippen LogP contribution in [0.1, 0.15) is 22.8 Å². The molecular weight excluding hydrogens is 294 g/mol. The summed E-state index contributed by atoms with van der Waals surface area (Å²) in [6, 6.07) is 2.93. The van der Waals surface area contributed by atoms with Crippen LogP contribution >= 0.6 is 11.3 Å². The van der Waals surface area contributed by atoms with Crippen molar-refractivity contribution < 1.29 is 14.8 Å². The second kappa shape index (κ2) is 6.31. The monoisotopic (exact) mass is 307 g/mol. The Morgan fingerprint density at radius 3 is 2.95 bits per heavy atom. The fourth-order valence-electron chi connectivity index (χ4n) is 1.87. The lowest BCUT2D eigenvalue weighted by atomic mass is 10.1. The van der Waals surface area contributed by atoms with Crippen molar-refractivity contribution in [1.82, 2.24) is 4.98 Å². The summed E-state index contributed by atoms with van der Waals surface area (Å²) in [5.74, 6) is -1.17. The van der Waals surface area contributed by atoms with Crippen LogP contribution in [0.5, 0.6) is 0 Å². The zero-order valence-electron chi connectivity index (χ0n) is 11.1. The normalized spacial score (nSPS) is 11.9. The molecule has 0 radical (unpaired) electrons. The summed E-state index contributed by atoms with van der Waals surface area (Å²) in [5, 5.41) is 26.8. The molecule has 0 spiro atoms. The first-order valence-corrected chi connectivity index (χ1v) is 7.07. The largest absolute Gasteiger partial charge is 0.478 e. The average molecular weight is 307 g/mol. The lowest BCUT2D eigenvalue weighted by Crippen LogP contribution is -2.19. The van der Waals surface area contributed by atoms with E-state index in [2.05, 4.69) is 10.3 Å². The molecule has 1 unspecified atom stereocenters. The van der Waals surface area contributed by atoms with Gasteiger partial charge in [0.05, 0.1) is 10.5 Å². The topological polar surface area (TPSA) is 105 Å². The molecule has 2 rings (SSSR count). The third kappa shape index (κ3) is 3.76. The number of nitrogens with zero attached hydrogens (tertiary/aromatic N) is 2. The third-order valence-corrected chi connectivity index (χ3v) is 3.55. The number of hydrogen-bond acceptors (Lipinski definition) is 6. The highest BCUT2D eigenvalue weighted by Crippen LogP contribution is 2.24. The predicted molar refractivity (Wildman–Crippen MR) is 79.0 cm³/mol. The van der Waals surface area contributed by atoms with Crippen LogP contribution in [0.4, 0.5) is 11.5 Å². The van der Waals surface area contributed by atoms with E-state index in [1.165, 1.54) is 0 Å². The summed E-state index contributed by atoms with van der Waals surface area (Å²) < 4.78 is 0. The van der Waals surface area contributed by atoms with Gasteiger partial charge in [-0.25, -0.2) is 9.78 Å².